The number of para-hydroxylation sites is 1. The van der Waals surface area contributed by atoms with Gasteiger partial charge in [0.25, 0.3) is 0 Å². The lowest BCUT2D eigenvalue weighted by molar-refractivity contribution is 0.145. The molecule has 1 fully saturated rings. The molecule has 2 atom stereocenters. The average Bonchev–Trinajstić information content (AvgIpc) is 2.96. The minimum atomic E-state index is 0.161. The molecule has 1 aliphatic heterocycles. The first-order valence-electron chi connectivity index (χ1n) is 6.61. The lowest BCUT2D eigenvalue weighted by Gasteiger charge is -2.24. The third-order valence-corrected chi connectivity index (χ3v) is 4.60. The number of nitrogens with two attached hydrogens (primary N) is 1. The van der Waals surface area contributed by atoms with Gasteiger partial charge in [-0.3, -0.25) is 11.3 Å². The summed E-state index contributed by atoms with van der Waals surface area (Å²) in [7, 11) is 1.68. The van der Waals surface area contributed by atoms with Crippen molar-refractivity contribution in [2.24, 2.45) is 11.8 Å². The summed E-state index contributed by atoms with van der Waals surface area (Å²) < 4.78 is 10.8. The van der Waals surface area contributed by atoms with Crippen molar-refractivity contribution in [3.63, 3.8) is 0 Å². The summed E-state index contributed by atoms with van der Waals surface area (Å²) in [5.41, 5.74) is 4.11. The Kier molecular flexibility index (Phi) is 5.97. The lowest BCUT2D eigenvalue weighted by atomic mass is 9.92. The molecule has 0 aromatic heterocycles. The molecule has 1 heterocycles. The fourth-order valence-electron chi connectivity index (χ4n) is 2.40. The number of rotatable bonds is 7. The highest BCUT2D eigenvalue weighted by Gasteiger charge is 2.27. The highest BCUT2D eigenvalue weighted by molar-refractivity contribution is 7.99. The van der Waals surface area contributed by atoms with Crippen LogP contribution in [0.4, 0.5) is 0 Å². The van der Waals surface area contributed by atoms with E-state index in [1.54, 1.807) is 7.11 Å². The maximum absolute atomic E-state index is 5.79. The Morgan fingerprint density at radius 3 is 2.95 bits per heavy atom. The van der Waals surface area contributed by atoms with E-state index >= 15 is 0 Å². The van der Waals surface area contributed by atoms with Gasteiger partial charge in [0.15, 0.2) is 0 Å². The summed E-state index contributed by atoms with van der Waals surface area (Å²) >= 11 is 1.99. The van der Waals surface area contributed by atoms with Crippen molar-refractivity contribution in [1.82, 2.24) is 5.43 Å². The van der Waals surface area contributed by atoms with Crippen molar-refractivity contribution >= 4 is 11.8 Å². The van der Waals surface area contributed by atoms with E-state index in [-0.39, 0.29) is 6.04 Å². The Morgan fingerprint density at radius 1 is 1.42 bits per heavy atom. The molecule has 2 unspecified atom stereocenters. The van der Waals surface area contributed by atoms with Gasteiger partial charge >= 0.3 is 0 Å². The molecule has 106 valence electrons. The molecule has 4 nitrogen and oxygen atoms in total. The minimum Gasteiger partial charge on any atom is -0.491 e. The van der Waals surface area contributed by atoms with Crippen LogP contribution in [0.5, 0.6) is 5.75 Å². The summed E-state index contributed by atoms with van der Waals surface area (Å²) in [4.78, 5) is 0. The van der Waals surface area contributed by atoms with Gasteiger partial charge in [0.1, 0.15) is 12.4 Å². The molecule has 0 spiro atoms. The van der Waals surface area contributed by atoms with Crippen molar-refractivity contribution in [1.29, 1.82) is 0 Å². The summed E-state index contributed by atoms with van der Waals surface area (Å²) in [6, 6.07) is 8.27. The van der Waals surface area contributed by atoms with Gasteiger partial charge in [-0.05, 0) is 29.9 Å². The van der Waals surface area contributed by atoms with Crippen LogP contribution in [0.15, 0.2) is 24.3 Å². The zero-order chi connectivity index (χ0) is 13.5. The predicted molar refractivity (Wildman–Crippen MR) is 79.3 cm³/mol. The van der Waals surface area contributed by atoms with Crippen LogP contribution < -0.4 is 16.0 Å². The quantitative estimate of drug-likeness (QED) is 0.455. The normalized spacial score (nSPS) is 20.4. The first-order valence-corrected chi connectivity index (χ1v) is 7.76. The van der Waals surface area contributed by atoms with Gasteiger partial charge in [-0.2, -0.15) is 11.8 Å². The van der Waals surface area contributed by atoms with E-state index in [1.807, 2.05) is 30.0 Å². The highest BCUT2D eigenvalue weighted by Crippen LogP contribution is 2.37. The van der Waals surface area contributed by atoms with Gasteiger partial charge in [-0.15, -0.1) is 0 Å². The molecule has 0 saturated carbocycles. The molecule has 2 rings (SSSR count). The van der Waals surface area contributed by atoms with Gasteiger partial charge in [0.2, 0.25) is 0 Å². The fourth-order valence-corrected chi connectivity index (χ4v) is 3.70. The van der Waals surface area contributed by atoms with E-state index < -0.39 is 0 Å². The second-order valence-electron chi connectivity index (χ2n) is 4.65. The Balaban J connectivity index is 2.11. The summed E-state index contributed by atoms with van der Waals surface area (Å²) in [6.45, 7) is 1.15. The Hall–Kier alpha value is -0.750. The molecule has 0 radical (unpaired) electrons. The zero-order valence-electron chi connectivity index (χ0n) is 11.3. The molecule has 19 heavy (non-hydrogen) atoms. The molecular weight excluding hydrogens is 260 g/mol. The number of ether oxygens (including phenoxy) is 2. The standard InChI is InChI=1S/C14H22N2O2S/c1-17-7-8-18-13-5-3-2-4-12(13)14(16-15)11-6-9-19-10-11/h2-5,11,14,16H,6-10,15H2,1H3. The van der Waals surface area contributed by atoms with Crippen LogP contribution in [-0.4, -0.2) is 31.8 Å². The van der Waals surface area contributed by atoms with Gasteiger partial charge in [0, 0.05) is 12.7 Å². The lowest BCUT2D eigenvalue weighted by Crippen LogP contribution is -2.34. The first-order chi connectivity index (χ1) is 9.36. The average molecular weight is 282 g/mol. The van der Waals surface area contributed by atoms with Crippen molar-refractivity contribution in [2.45, 2.75) is 12.5 Å². The maximum atomic E-state index is 5.79. The number of hydrogen-bond acceptors (Lipinski definition) is 5. The van der Waals surface area contributed by atoms with Crippen LogP contribution in [0.1, 0.15) is 18.0 Å². The van der Waals surface area contributed by atoms with Gasteiger partial charge in [-0.25, -0.2) is 0 Å². The highest BCUT2D eigenvalue weighted by atomic mass is 32.2. The summed E-state index contributed by atoms with van der Waals surface area (Å²) in [5.74, 6) is 9.61. The third kappa shape index (κ3) is 3.86. The van der Waals surface area contributed by atoms with E-state index in [1.165, 1.54) is 12.2 Å². The smallest absolute Gasteiger partial charge is 0.124 e. The van der Waals surface area contributed by atoms with Crippen LogP contribution in [0.3, 0.4) is 0 Å². The van der Waals surface area contributed by atoms with Crippen molar-refractivity contribution < 1.29 is 9.47 Å². The van der Waals surface area contributed by atoms with Crippen LogP contribution in [0.25, 0.3) is 0 Å². The molecule has 1 aliphatic rings. The number of nitrogens with one attached hydrogen (secondary N) is 1. The van der Waals surface area contributed by atoms with Crippen LogP contribution >= 0.6 is 11.8 Å². The molecule has 1 saturated heterocycles. The second-order valence-corrected chi connectivity index (χ2v) is 5.80. The molecule has 1 aromatic carbocycles. The van der Waals surface area contributed by atoms with Crippen molar-refractivity contribution in [3.05, 3.63) is 29.8 Å². The minimum absolute atomic E-state index is 0.161. The van der Waals surface area contributed by atoms with Crippen LogP contribution in [0.2, 0.25) is 0 Å². The molecule has 1 aromatic rings. The SMILES string of the molecule is COCCOc1ccccc1C(NN)C1CCSC1. The number of hydrogen-bond donors (Lipinski definition) is 2. The molecule has 5 heteroatoms. The molecule has 0 bridgehead atoms. The third-order valence-electron chi connectivity index (χ3n) is 3.41. The summed E-state index contributed by atoms with van der Waals surface area (Å²) in [6.07, 6.45) is 1.20. The molecular formula is C14H22N2O2S. The number of hydrazine groups is 1. The van der Waals surface area contributed by atoms with Gasteiger partial charge in [0.05, 0.1) is 12.6 Å². The van der Waals surface area contributed by atoms with E-state index in [4.69, 9.17) is 15.3 Å². The number of methoxy groups -OCH3 is 1. The van der Waals surface area contributed by atoms with E-state index in [0.717, 1.165) is 17.1 Å². The zero-order valence-corrected chi connectivity index (χ0v) is 12.1. The Morgan fingerprint density at radius 2 is 2.26 bits per heavy atom. The van der Waals surface area contributed by atoms with Gasteiger partial charge in [-0.1, -0.05) is 18.2 Å². The molecule has 3 N–H and O–H groups in total. The van der Waals surface area contributed by atoms with E-state index in [0.29, 0.717) is 19.1 Å². The summed E-state index contributed by atoms with van der Waals surface area (Å²) in [5, 5.41) is 0. The largest absolute Gasteiger partial charge is 0.491 e. The maximum Gasteiger partial charge on any atom is 0.124 e. The Labute approximate surface area is 119 Å². The van der Waals surface area contributed by atoms with Gasteiger partial charge < -0.3 is 9.47 Å². The monoisotopic (exact) mass is 282 g/mol. The Bertz CT molecular complexity index is 383. The number of benzene rings is 1. The van der Waals surface area contributed by atoms with E-state index in [2.05, 4.69) is 11.5 Å². The van der Waals surface area contributed by atoms with Crippen LogP contribution in [-0.2, 0) is 4.74 Å². The second kappa shape index (κ2) is 7.75. The van der Waals surface area contributed by atoms with Crippen molar-refractivity contribution in [2.75, 3.05) is 31.8 Å². The molecule has 0 aliphatic carbocycles. The van der Waals surface area contributed by atoms with Crippen LogP contribution in [0, 0.1) is 5.92 Å². The van der Waals surface area contributed by atoms with Crippen molar-refractivity contribution in [3.8, 4) is 5.75 Å². The molecule has 0 amide bonds. The first kappa shape index (κ1) is 14.7. The number of thioether (sulfide) groups is 1. The fraction of sp³-hybridized carbons (Fsp3) is 0.571. The topological polar surface area (TPSA) is 56.5 Å². The van der Waals surface area contributed by atoms with E-state index in [9.17, 15) is 0 Å². The predicted octanol–water partition coefficient (Wildman–Crippen LogP) is 1.97.